The fraction of sp³-hybridized carbons (Fsp3) is 0.500. The van der Waals surface area contributed by atoms with Crippen molar-refractivity contribution in [3.05, 3.63) is 29.1 Å². The lowest BCUT2D eigenvalue weighted by atomic mass is 10.1. The largest absolute Gasteiger partial charge is 0.294 e. The van der Waals surface area contributed by atoms with Crippen LogP contribution in [-0.2, 0) is 0 Å². The predicted octanol–water partition coefficient (Wildman–Crippen LogP) is 3.07. The SMILES string of the molecule is CCCCC(=O)c1cnc(C)c(C)c1. The van der Waals surface area contributed by atoms with E-state index in [2.05, 4.69) is 11.9 Å². The fourth-order valence-corrected chi connectivity index (χ4v) is 1.28. The lowest BCUT2D eigenvalue weighted by Crippen LogP contribution is -2.01. The highest BCUT2D eigenvalue weighted by atomic mass is 16.1. The van der Waals surface area contributed by atoms with E-state index < -0.39 is 0 Å². The van der Waals surface area contributed by atoms with Crippen LogP contribution in [0.4, 0.5) is 0 Å². The Hall–Kier alpha value is -1.18. The minimum absolute atomic E-state index is 0.211. The van der Waals surface area contributed by atoms with Gasteiger partial charge in [0, 0.05) is 23.9 Å². The van der Waals surface area contributed by atoms with Crippen molar-refractivity contribution in [1.82, 2.24) is 4.98 Å². The first kappa shape index (κ1) is 10.9. The summed E-state index contributed by atoms with van der Waals surface area (Å²) < 4.78 is 0. The predicted molar refractivity (Wildman–Crippen MR) is 57.6 cm³/mol. The van der Waals surface area contributed by atoms with Crippen LogP contribution in [0, 0.1) is 13.8 Å². The summed E-state index contributed by atoms with van der Waals surface area (Å²) in [6.07, 6.45) is 4.34. The van der Waals surface area contributed by atoms with Gasteiger partial charge in [-0.25, -0.2) is 0 Å². The first-order valence-corrected chi connectivity index (χ1v) is 5.11. The minimum atomic E-state index is 0.211. The highest BCUT2D eigenvalue weighted by molar-refractivity contribution is 5.95. The summed E-state index contributed by atoms with van der Waals surface area (Å²) in [4.78, 5) is 15.8. The number of rotatable bonds is 4. The number of carbonyl (C=O) groups is 1. The Labute approximate surface area is 85.4 Å². The molecule has 1 rings (SSSR count). The average molecular weight is 191 g/mol. The second-order valence-electron chi connectivity index (χ2n) is 3.65. The molecule has 1 heterocycles. The number of pyridine rings is 1. The number of aryl methyl sites for hydroxylation is 2. The van der Waals surface area contributed by atoms with Crippen LogP contribution in [0.25, 0.3) is 0 Å². The Morgan fingerprint density at radius 1 is 1.43 bits per heavy atom. The van der Waals surface area contributed by atoms with E-state index in [4.69, 9.17) is 0 Å². The zero-order valence-corrected chi connectivity index (χ0v) is 9.13. The Balaban J connectivity index is 2.76. The number of nitrogens with zero attached hydrogens (tertiary/aromatic N) is 1. The molecule has 1 aromatic heterocycles. The summed E-state index contributed by atoms with van der Waals surface area (Å²) in [6.45, 7) is 6.03. The number of hydrogen-bond donors (Lipinski definition) is 0. The van der Waals surface area contributed by atoms with Crippen molar-refractivity contribution >= 4 is 5.78 Å². The van der Waals surface area contributed by atoms with Gasteiger partial charge in [0.1, 0.15) is 0 Å². The Morgan fingerprint density at radius 3 is 2.71 bits per heavy atom. The van der Waals surface area contributed by atoms with Crippen molar-refractivity contribution in [2.45, 2.75) is 40.0 Å². The van der Waals surface area contributed by atoms with E-state index in [0.717, 1.165) is 29.7 Å². The van der Waals surface area contributed by atoms with Crippen LogP contribution in [0.5, 0.6) is 0 Å². The molecule has 1 aromatic rings. The molecule has 0 aliphatic rings. The number of hydrogen-bond acceptors (Lipinski definition) is 2. The molecule has 0 unspecified atom stereocenters. The molecule has 14 heavy (non-hydrogen) atoms. The molecule has 0 radical (unpaired) electrons. The van der Waals surface area contributed by atoms with Gasteiger partial charge < -0.3 is 0 Å². The highest BCUT2D eigenvalue weighted by Crippen LogP contribution is 2.10. The molecule has 2 nitrogen and oxygen atoms in total. The second kappa shape index (κ2) is 4.89. The Kier molecular flexibility index (Phi) is 3.81. The van der Waals surface area contributed by atoms with Gasteiger partial charge in [0.05, 0.1) is 0 Å². The molecule has 0 spiro atoms. The van der Waals surface area contributed by atoms with Crippen molar-refractivity contribution in [2.24, 2.45) is 0 Å². The van der Waals surface area contributed by atoms with Gasteiger partial charge in [-0.2, -0.15) is 0 Å². The van der Waals surface area contributed by atoms with E-state index in [1.165, 1.54) is 0 Å². The topological polar surface area (TPSA) is 30.0 Å². The Morgan fingerprint density at radius 2 is 2.14 bits per heavy atom. The Bertz CT molecular complexity index is 331. The molecule has 0 N–H and O–H groups in total. The highest BCUT2D eigenvalue weighted by Gasteiger charge is 2.06. The molecule has 0 aliphatic carbocycles. The van der Waals surface area contributed by atoms with E-state index in [1.54, 1.807) is 6.20 Å². The molecular formula is C12H17NO. The summed E-state index contributed by atoms with van der Waals surface area (Å²) in [5.74, 6) is 0.211. The quantitative estimate of drug-likeness (QED) is 0.684. The first-order chi connectivity index (χ1) is 6.65. The normalized spacial score (nSPS) is 10.2. The summed E-state index contributed by atoms with van der Waals surface area (Å²) in [7, 11) is 0. The maximum Gasteiger partial charge on any atom is 0.164 e. The lowest BCUT2D eigenvalue weighted by Gasteiger charge is -2.03. The van der Waals surface area contributed by atoms with E-state index in [1.807, 2.05) is 19.9 Å². The maximum absolute atomic E-state index is 11.6. The first-order valence-electron chi connectivity index (χ1n) is 5.11. The summed E-state index contributed by atoms with van der Waals surface area (Å²) in [6, 6.07) is 1.93. The van der Waals surface area contributed by atoms with E-state index in [9.17, 15) is 4.79 Å². The third-order valence-electron chi connectivity index (χ3n) is 2.42. The van der Waals surface area contributed by atoms with Crippen LogP contribution < -0.4 is 0 Å². The number of unbranched alkanes of at least 4 members (excludes halogenated alkanes) is 1. The smallest absolute Gasteiger partial charge is 0.164 e. The van der Waals surface area contributed by atoms with Crippen LogP contribution in [0.3, 0.4) is 0 Å². The molecule has 0 bridgehead atoms. The average Bonchev–Trinajstić information content (AvgIpc) is 2.18. The second-order valence-corrected chi connectivity index (χ2v) is 3.65. The van der Waals surface area contributed by atoms with Gasteiger partial charge in [-0.1, -0.05) is 13.3 Å². The van der Waals surface area contributed by atoms with E-state index in [-0.39, 0.29) is 5.78 Å². The van der Waals surface area contributed by atoms with Crippen LogP contribution in [0.1, 0.15) is 47.8 Å². The van der Waals surface area contributed by atoms with Gasteiger partial charge in [-0.15, -0.1) is 0 Å². The molecule has 0 atom stereocenters. The van der Waals surface area contributed by atoms with E-state index in [0.29, 0.717) is 6.42 Å². The molecule has 0 fully saturated rings. The van der Waals surface area contributed by atoms with Crippen molar-refractivity contribution in [3.8, 4) is 0 Å². The van der Waals surface area contributed by atoms with Gasteiger partial charge in [-0.05, 0) is 31.9 Å². The lowest BCUT2D eigenvalue weighted by molar-refractivity contribution is 0.0979. The van der Waals surface area contributed by atoms with Crippen molar-refractivity contribution < 1.29 is 4.79 Å². The van der Waals surface area contributed by atoms with Crippen molar-refractivity contribution in [3.63, 3.8) is 0 Å². The molecule has 0 aromatic carbocycles. The summed E-state index contributed by atoms with van der Waals surface area (Å²) >= 11 is 0. The van der Waals surface area contributed by atoms with Gasteiger partial charge in [0.15, 0.2) is 5.78 Å². The van der Waals surface area contributed by atoms with Crippen LogP contribution >= 0.6 is 0 Å². The van der Waals surface area contributed by atoms with Gasteiger partial charge in [-0.3, -0.25) is 9.78 Å². The molecule has 0 saturated carbocycles. The molecule has 2 heteroatoms. The zero-order valence-electron chi connectivity index (χ0n) is 9.13. The van der Waals surface area contributed by atoms with Crippen LogP contribution in [-0.4, -0.2) is 10.8 Å². The maximum atomic E-state index is 11.6. The summed E-state index contributed by atoms with van der Waals surface area (Å²) in [5, 5.41) is 0. The number of aromatic nitrogens is 1. The summed E-state index contributed by atoms with van der Waals surface area (Å²) in [5.41, 5.74) is 2.84. The van der Waals surface area contributed by atoms with Gasteiger partial charge >= 0.3 is 0 Å². The minimum Gasteiger partial charge on any atom is -0.294 e. The zero-order chi connectivity index (χ0) is 10.6. The monoisotopic (exact) mass is 191 g/mol. The number of Topliss-reactive ketones (excluding diaryl/α,β-unsaturated/α-hetero) is 1. The van der Waals surface area contributed by atoms with Crippen LogP contribution in [0.15, 0.2) is 12.3 Å². The fourth-order valence-electron chi connectivity index (χ4n) is 1.28. The third kappa shape index (κ3) is 2.66. The van der Waals surface area contributed by atoms with Crippen molar-refractivity contribution in [2.75, 3.05) is 0 Å². The van der Waals surface area contributed by atoms with Gasteiger partial charge in [0.2, 0.25) is 0 Å². The molecule has 0 amide bonds. The number of carbonyl (C=O) groups excluding carboxylic acids is 1. The molecule has 76 valence electrons. The van der Waals surface area contributed by atoms with Crippen LogP contribution in [0.2, 0.25) is 0 Å². The molecular weight excluding hydrogens is 174 g/mol. The molecule has 0 aliphatic heterocycles. The van der Waals surface area contributed by atoms with Gasteiger partial charge in [0.25, 0.3) is 0 Å². The van der Waals surface area contributed by atoms with E-state index >= 15 is 0 Å². The standard InChI is InChI=1S/C12H17NO/c1-4-5-6-12(14)11-7-9(2)10(3)13-8-11/h7-8H,4-6H2,1-3H3. The number of ketones is 1. The third-order valence-corrected chi connectivity index (χ3v) is 2.42. The van der Waals surface area contributed by atoms with Crippen molar-refractivity contribution in [1.29, 1.82) is 0 Å². The molecule has 0 saturated heterocycles.